The van der Waals surface area contributed by atoms with E-state index in [1.54, 1.807) is 12.1 Å². The van der Waals surface area contributed by atoms with Crippen LogP contribution in [-0.4, -0.2) is 85.0 Å². The Balaban J connectivity index is 1.24. The van der Waals surface area contributed by atoms with Crippen LogP contribution in [0.5, 0.6) is 0 Å². The van der Waals surface area contributed by atoms with Crippen LogP contribution in [0.4, 0.5) is 21.0 Å². The molecule has 1 saturated heterocycles. The molecular weight excluding hydrogens is 768 g/mol. The van der Waals surface area contributed by atoms with Crippen LogP contribution in [0.2, 0.25) is 0 Å². The van der Waals surface area contributed by atoms with Gasteiger partial charge in [-0.25, -0.2) is 18.0 Å². The van der Waals surface area contributed by atoms with Crippen molar-refractivity contribution in [1.82, 2.24) is 9.80 Å². The normalized spacial score (nSPS) is 16.8. The van der Waals surface area contributed by atoms with Gasteiger partial charge in [-0.1, -0.05) is 18.2 Å². The average Bonchev–Trinajstić information content (AvgIpc) is 3.93. The molecule has 0 aromatic heterocycles. The number of nitrogens with two attached hydrogens (primary N) is 1. The molecular formula is C33H32Br2N6O6S. The average molecular weight is 801 g/mol. The highest BCUT2D eigenvalue weighted by Gasteiger charge is 2.35. The molecule has 0 spiro atoms. The van der Waals surface area contributed by atoms with Gasteiger partial charge in [-0.15, -0.1) is 4.40 Å². The van der Waals surface area contributed by atoms with Gasteiger partial charge in [0.25, 0.3) is 15.9 Å². The number of nitrogen functional groups attached to an aromatic ring is 1. The van der Waals surface area contributed by atoms with E-state index in [2.05, 4.69) is 69.8 Å². The highest BCUT2D eigenvalue weighted by atomic mass is 79.9. The summed E-state index contributed by atoms with van der Waals surface area (Å²) in [6.45, 7) is 1.26. The smallest absolute Gasteiger partial charge is 0.410 e. The number of hydrogen-bond donors (Lipinski definition) is 2. The van der Waals surface area contributed by atoms with E-state index in [4.69, 9.17) is 10.5 Å². The zero-order valence-electron chi connectivity index (χ0n) is 25.7. The van der Waals surface area contributed by atoms with Crippen molar-refractivity contribution < 1.29 is 27.5 Å². The molecule has 0 bridgehead atoms. The first-order valence-electron chi connectivity index (χ1n) is 15.2. The second kappa shape index (κ2) is 15.8. The van der Waals surface area contributed by atoms with Crippen LogP contribution >= 0.6 is 31.9 Å². The van der Waals surface area contributed by atoms with Crippen LogP contribution in [0.1, 0.15) is 36.8 Å². The van der Waals surface area contributed by atoms with Crippen molar-refractivity contribution in [2.24, 2.45) is 9.39 Å². The number of rotatable bonds is 8. The van der Waals surface area contributed by atoms with Gasteiger partial charge in [0.2, 0.25) is 0 Å². The Kier molecular flexibility index (Phi) is 11.6. The molecule has 0 radical (unpaired) electrons. The molecule has 2 aromatic carbocycles. The lowest BCUT2D eigenvalue weighted by atomic mass is 10.0. The molecule has 15 heteroatoms. The van der Waals surface area contributed by atoms with Gasteiger partial charge in [0.05, 0.1) is 16.8 Å². The van der Waals surface area contributed by atoms with Crippen molar-refractivity contribution in [3.63, 3.8) is 0 Å². The fourth-order valence-electron chi connectivity index (χ4n) is 5.29. The van der Waals surface area contributed by atoms with Gasteiger partial charge in [-0.05, 0) is 117 Å². The van der Waals surface area contributed by atoms with E-state index >= 15 is 0 Å². The number of allylic oxidation sites excluding steroid dienone is 2. The van der Waals surface area contributed by atoms with Crippen LogP contribution < -0.4 is 11.1 Å². The SMILES string of the molecule is Nc1c(Br)cc(C[C@@H](OC(=O)N2CCC(N3CCc4ccccc4NC3=O)CC2)C(=O)N=C=C=CC=C=C=NS(=O)(=O)C2CC2)cc1Br. The number of nitrogens with one attached hydrogen (secondary N) is 1. The third-order valence-electron chi connectivity index (χ3n) is 8.05. The molecule has 48 heavy (non-hydrogen) atoms. The van der Waals surface area contributed by atoms with Crippen LogP contribution in [-0.2, 0) is 32.4 Å². The highest BCUT2D eigenvalue weighted by molar-refractivity contribution is 9.11. The molecule has 0 unspecified atom stereocenters. The number of sulfonamides is 1. The Hall–Kier alpha value is -4.18. The summed E-state index contributed by atoms with van der Waals surface area (Å²) in [5.74, 6) is 3.82. The number of amides is 4. The van der Waals surface area contributed by atoms with Gasteiger partial charge in [0.15, 0.2) is 6.10 Å². The van der Waals surface area contributed by atoms with E-state index in [0.717, 1.165) is 17.7 Å². The van der Waals surface area contributed by atoms with E-state index in [0.29, 0.717) is 65.5 Å². The van der Waals surface area contributed by atoms with Crippen molar-refractivity contribution in [2.45, 2.75) is 55.9 Å². The van der Waals surface area contributed by atoms with Crippen LogP contribution in [0.3, 0.4) is 0 Å². The number of benzene rings is 2. The number of likely N-dealkylation sites (tertiary alicyclic amines) is 1. The fourth-order valence-corrected chi connectivity index (χ4v) is 7.63. The fraction of sp³-hybridized carbons (Fsp3) is 0.364. The second-order valence-corrected chi connectivity index (χ2v) is 15.0. The molecule has 5 rings (SSSR count). The van der Waals surface area contributed by atoms with Crippen molar-refractivity contribution in [1.29, 1.82) is 0 Å². The van der Waals surface area contributed by atoms with Crippen molar-refractivity contribution >= 4 is 83.0 Å². The summed E-state index contributed by atoms with van der Waals surface area (Å²) in [6.07, 6.45) is 3.68. The van der Waals surface area contributed by atoms with Crippen LogP contribution in [0.25, 0.3) is 0 Å². The number of nitrogens with zero attached hydrogens (tertiary/aromatic N) is 4. The molecule has 12 nitrogen and oxygen atoms in total. The van der Waals surface area contributed by atoms with Gasteiger partial charge in [-0.2, -0.15) is 4.99 Å². The molecule has 3 N–H and O–H groups in total. The zero-order valence-corrected chi connectivity index (χ0v) is 29.7. The molecule has 4 amide bonds. The topological polar surface area (TPSA) is 164 Å². The largest absolute Gasteiger partial charge is 0.435 e. The minimum Gasteiger partial charge on any atom is -0.435 e. The van der Waals surface area contributed by atoms with Crippen molar-refractivity contribution in [3.05, 3.63) is 80.1 Å². The van der Waals surface area contributed by atoms with E-state index in [-0.39, 0.29) is 18.5 Å². The number of halogens is 2. The second-order valence-electron chi connectivity index (χ2n) is 11.4. The standard InChI is InChI=1S/C33H32Br2N6O6S/c34-26-19-22(20-27(35)30(26)36)21-29(31(42)37-14-5-1-2-6-15-38-48(45,46)25-9-10-25)47-33(44)40-16-12-24(13-17-40)41-18-11-23-7-3-4-8-28(23)39-32(41)43/h1-4,7-8,19-20,24-25,29H,9-13,16-18,21,36H2,(H,39,43)/t29-/m1/s1. The maximum Gasteiger partial charge on any atom is 0.410 e. The number of carbonyl (C=O) groups is 3. The maximum absolute atomic E-state index is 13.3. The Labute approximate surface area is 295 Å². The Morgan fingerprint density at radius 1 is 1.04 bits per heavy atom. The molecule has 2 heterocycles. The van der Waals surface area contributed by atoms with Gasteiger partial charge in [0, 0.05) is 52.6 Å². The number of piperidine rings is 1. The predicted octanol–water partition coefficient (Wildman–Crippen LogP) is 5.18. The zero-order chi connectivity index (χ0) is 34.3. The number of anilines is 2. The Morgan fingerprint density at radius 3 is 2.40 bits per heavy atom. The van der Waals surface area contributed by atoms with Crippen LogP contribution in [0, 0.1) is 0 Å². The number of aliphatic imine (C=N–C) groups is 1. The number of ether oxygens (including phenoxy) is 1. The lowest BCUT2D eigenvalue weighted by molar-refractivity contribution is -0.126. The molecule has 1 atom stereocenters. The maximum atomic E-state index is 13.3. The summed E-state index contributed by atoms with van der Waals surface area (Å²) < 4.78 is 33.8. The summed E-state index contributed by atoms with van der Waals surface area (Å²) in [5.41, 5.74) is 14.0. The van der Waals surface area contributed by atoms with E-state index in [9.17, 15) is 22.8 Å². The summed E-state index contributed by atoms with van der Waals surface area (Å²) in [4.78, 5) is 46.5. The first-order chi connectivity index (χ1) is 23.0. The van der Waals surface area contributed by atoms with Gasteiger partial charge in [0.1, 0.15) is 0 Å². The number of fused-ring (bicyclic) bond motifs is 1. The van der Waals surface area contributed by atoms with Gasteiger partial charge in [-0.3, -0.25) is 4.79 Å². The molecule has 250 valence electrons. The molecule has 2 fully saturated rings. The van der Waals surface area contributed by atoms with Crippen molar-refractivity contribution in [3.8, 4) is 0 Å². The number of para-hydroxylation sites is 1. The Morgan fingerprint density at radius 2 is 1.71 bits per heavy atom. The molecule has 2 aromatic rings. The molecule has 3 aliphatic rings. The molecule has 1 aliphatic carbocycles. The Bertz CT molecular complexity index is 1890. The van der Waals surface area contributed by atoms with Gasteiger partial charge >= 0.3 is 12.1 Å². The highest BCUT2D eigenvalue weighted by Crippen LogP contribution is 2.31. The number of hydrogen-bond acceptors (Lipinski definition) is 7. The van der Waals surface area contributed by atoms with Crippen LogP contribution in [0.15, 0.2) is 78.3 Å². The number of urea groups is 1. The lowest BCUT2D eigenvalue weighted by Gasteiger charge is -2.37. The van der Waals surface area contributed by atoms with E-state index < -0.39 is 33.4 Å². The first kappa shape index (κ1) is 35.1. The third kappa shape index (κ3) is 9.24. The monoisotopic (exact) mass is 798 g/mol. The summed E-state index contributed by atoms with van der Waals surface area (Å²) in [7, 11) is -3.54. The summed E-state index contributed by atoms with van der Waals surface area (Å²) >= 11 is 6.80. The molecule has 1 saturated carbocycles. The lowest BCUT2D eigenvalue weighted by Crippen LogP contribution is -2.50. The van der Waals surface area contributed by atoms with Gasteiger partial charge < -0.3 is 25.6 Å². The van der Waals surface area contributed by atoms with Crippen molar-refractivity contribution in [2.75, 3.05) is 30.7 Å². The van der Waals surface area contributed by atoms with E-state index in [1.807, 2.05) is 29.2 Å². The predicted molar refractivity (Wildman–Crippen MR) is 189 cm³/mol. The molecule has 2 aliphatic heterocycles. The number of carbonyl (C=O) groups excluding carboxylic acids is 3. The summed E-state index contributed by atoms with van der Waals surface area (Å²) in [6, 6.07) is 11.0. The summed E-state index contributed by atoms with van der Waals surface area (Å²) in [5, 5.41) is 2.56. The quantitative estimate of drug-likeness (QED) is 0.161. The first-order valence-corrected chi connectivity index (χ1v) is 18.3. The minimum atomic E-state index is -3.54. The van der Waals surface area contributed by atoms with E-state index in [1.165, 1.54) is 17.1 Å². The third-order valence-corrected chi connectivity index (χ3v) is 11.0. The minimum absolute atomic E-state index is 0.0104.